The highest BCUT2D eigenvalue weighted by Gasteiger charge is 2.62. The maximum atomic E-state index is 12.2. The first-order valence-electron chi connectivity index (χ1n) is 7.65. The van der Waals surface area contributed by atoms with E-state index < -0.39 is 29.6 Å². The smallest absolute Gasteiger partial charge is 0.410 e. The van der Waals surface area contributed by atoms with E-state index in [0.717, 1.165) is 19.3 Å². The Morgan fingerprint density at radius 1 is 1.33 bits per heavy atom. The van der Waals surface area contributed by atoms with Crippen LogP contribution in [0.3, 0.4) is 0 Å². The Morgan fingerprint density at radius 3 is 2.62 bits per heavy atom. The van der Waals surface area contributed by atoms with Crippen LogP contribution in [0.5, 0.6) is 0 Å². The molecule has 0 spiro atoms. The summed E-state index contributed by atoms with van der Waals surface area (Å²) in [5.41, 5.74) is -0.668. The van der Waals surface area contributed by atoms with Crippen LogP contribution in [-0.2, 0) is 14.3 Å². The molecule has 2 saturated heterocycles. The molecule has 6 nitrogen and oxygen atoms in total. The van der Waals surface area contributed by atoms with Crippen molar-refractivity contribution in [2.75, 3.05) is 14.2 Å². The average molecular weight is 299 g/mol. The molecule has 0 aliphatic carbocycles. The van der Waals surface area contributed by atoms with Gasteiger partial charge in [-0.2, -0.15) is 0 Å². The Bertz CT molecular complexity index is 413. The molecule has 2 rings (SSSR count). The second-order valence-corrected chi connectivity index (χ2v) is 6.04. The number of piperidine rings is 1. The summed E-state index contributed by atoms with van der Waals surface area (Å²) in [5, 5.41) is 10.4. The van der Waals surface area contributed by atoms with Gasteiger partial charge in [0.05, 0.1) is 25.9 Å². The normalized spacial score (nSPS) is 34.7. The second-order valence-electron chi connectivity index (χ2n) is 6.04. The van der Waals surface area contributed by atoms with Crippen molar-refractivity contribution in [3.63, 3.8) is 0 Å². The van der Waals surface area contributed by atoms with Crippen LogP contribution in [0.4, 0.5) is 4.79 Å². The van der Waals surface area contributed by atoms with E-state index in [1.54, 1.807) is 4.90 Å². The molecule has 2 bridgehead atoms. The first-order chi connectivity index (χ1) is 10.0. The van der Waals surface area contributed by atoms with E-state index in [1.165, 1.54) is 14.2 Å². The fraction of sp³-hybridized carbons (Fsp3) is 0.867. The molecule has 120 valence electrons. The molecule has 0 saturated carbocycles. The van der Waals surface area contributed by atoms with Gasteiger partial charge in [-0.25, -0.2) is 4.79 Å². The summed E-state index contributed by atoms with van der Waals surface area (Å²) in [6.45, 7) is 2.07. The van der Waals surface area contributed by atoms with Crippen LogP contribution in [0.2, 0.25) is 0 Å². The molecule has 0 unspecified atom stereocenters. The van der Waals surface area contributed by atoms with E-state index in [1.807, 2.05) is 0 Å². The number of carbonyl (C=O) groups excluding carboxylic acids is 2. The predicted molar refractivity (Wildman–Crippen MR) is 75.7 cm³/mol. The summed E-state index contributed by atoms with van der Waals surface area (Å²) in [4.78, 5) is 26.2. The minimum absolute atomic E-state index is 0.0507. The summed E-state index contributed by atoms with van der Waals surface area (Å²) < 4.78 is 9.83. The van der Waals surface area contributed by atoms with Crippen molar-refractivity contribution in [2.24, 2.45) is 5.92 Å². The van der Waals surface area contributed by atoms with E-state index in [2.05, 4.69) is 6.92 Å². The Labute approximate surface area is 125 Å². The largest absolute Gasteiger partial charge is 0.469 e. The maximum absolute atomic E-state index is 12.2. The van der Waals surface area contributed by atoms with Gasteiger partial charge in [-0.3, -0.25) is 9.69 Å². The zero-order chi connectivity index (χ0) is 15.6. The number of nitrogens with zero attached hydrogens (tertiary/aromatic N) is 1. The lowest BCUT2D eigenvalue weighted by Crippen LogP contribution is -2.64. The monoisotopic (exact) mass is 299 g/mol. The topological polar surface area (TPSA) is 76.1 Å². The van der Waals surface area contributed by atoms with Gasteiger partial charge in [-0.15, -0.1) is 0 Å². The number of fused-ring (bicyclic) bond motifs is 2. The molecular formula is C15H25NO5. The third-order valence-electron chi connectivity index (χ3n) is 5.02. The van der Waals surface area contributed by atoms with Crippen molar-refractivity contribution in [2.45, 2.75) is 63.1 Å². The molecule has 2 aliphatic rings. The van der Waals surface area contributed by atoms with Crippen LogP contribution >= 0.6 is 0 Å². The molecule has 6 heteroatoms. The summed E-state index contributed by atoms with van der Waals surface area (Å²) in [7, 11) is 2.68. The van der Waals surface area contributed by atoms with Crippen molar-refractivity contribution in [1.82, 2.24) is 4.90 Å². The van der Waals surface area contributed by atoms with Crippen molar-refractivity contribution in [3.05, 3.63) is 0 Å². The molecule has 1 amide bonds. The highest BCUT2D eigenvalue weighted by molar-refractivity contribution is 5.78. The lowest BCUT2D eigenvalue weighted by molar-refractivity contribution is -0.163. The van der Waals surface area contributed by atoms with Crippen LogP contribution < -0.4 is 0 Å². The van der Waals surface area contributed by atoms with Gasteiger partial charge >= 0.3 is 12.1 Å². The highest BCUT2D eigenvalue weighted by Crippen LogP contribution is 2.51. The van der Waals surface area contributed by atoms with Crippen LogP contribution in [0.25, 0.3) is 0 Å². The van der Waals surface area contributed by atoms with E-state index in [4.69, 9.17) is 9.47 Å². The van der Waals surface area contributed by atoms with Gasteiger partial charge in [0.15, 0.2) is 0 Å². The van der Waals surface area contributed by atoms with Gasteiger partial charge < -0.3 is 14.6 Å². The summed E-state index contributed by atoms with van der Waals surface area (Å²) >= 11 is 0. The zero-order valence-corrected chi connectivity index (χ0v) is 13.0. The zero-order valence-electron chi connectivity index (χ0n) is 13.0. The number of aliphatic hydroxyl groups excluding tert-OH is 1. The number of amides is 1. The van der Waals surface area contributed by atoms with Crippen molar-refractivity contribution >= 4 is 12.1 Å². The predicted octanol–water partition coefficient (Wildman–Crippen LogP) is 1.70. The van der Waals surface area contributed by atoms with E-state index in [9.17, 15) is 14.7 Å². The third kappa shape index (κ3) is 2.50. The average Bonchev–Trinajstić information content (AvgIpc) is 2.76. The molecule has 0 aromatic rings. The van der Waals surface area contributed by atoms with E-state index in [0.29, 0.717) is 19.3 Å². The van der Waals surface area contributed by atoms with E-state index in [-0.39, 0.29) is 6.04 Å². The summed E-state index contributed by atoms with van der Waals surface area (Å²) in [6.07, 6.45) is 3.28. The molecule has 2 fully saturated rings. The van der Waals surface area contributed by atoms with Crippen LogP contribution in [0.1, 0.15) is 45.4 Å². The summed E-state index contributed by atoms with van der Waals surface area (Å²) in [5.74, 6) is -1.13. The Kier molecular flexibility index (Phi) is 4.76. The molecule has 21 heavy (non-hydrogen) atoms. The fourth-order valence-corrected chi connectivity index (χ4v) is 4.15. The number of unbranched alkanes of at least 4 members (excludes halogenated alkanes) is 1. The van der Waals surface area contributed by atoms with Gasteiger partial charge in [0.1, 0.15) is 5.92 Å². The van der Waals surface area contributed by atoms with Gasteiger partial charge in [0.2, 0.25) is 0 Å². The minimum atomic E-state index is -0.761. The SMILES string of the molecule is CCCC[C@@]12CC[C@@H](C[C@@H](O)[C@@H]1C(=O)OC)N2C(=O)OC. The lowest BCUT2D eigenvalue weighted by atomic mass is 9.73. The minimum Gasteiger partial charge on any atom is -0.469 e. The quantitative estimate of drug-likeness (QED) is 0.800. The molecule has 4 atom stereocenters. The fourth-order valence-electron chi connectivity index (χ4n) is 4.15. The molecule has 0 aromatic carbocycles. The Hall–Kier alpha value is -1.30. The highest BCUT2D eigenvalue weighted by atomic mass is 16.5. The molecule has 2 heterocycles. The number of esters is 1. The number of carbonyl (C=O) groups is 2. The van der Waals surface area contributed by atoms with Gasteiger partial charge in [-0.1, -0.05) is 19.8 Å². The van der Waals surface area contributed by atoms with E-state index >= 15 is 0 Å². The van der Waals surface area contributed by atoms with Crippen molar-refractivity contribution < 1.29 is 24.2 Å². The number of hydrogen-bond acceptors (Lipinski definition) is 5. The molecule has 0 aromatic heterocycles. The van der Waals surface area contributed by atoms with Crippen molar-refractivity contribution in [1.29, 1.82) is 0 Å². The number of rotatable bonds is 4. The molecule has 2 aliphatic heterocycles. The van der Waals surface area contributed by atoms with Gasteiger partial charge in [-0.05, 0) is 25.7 Å². The second kappa shape index (κ2) is 6.22. The third-order valence-corrected chi connectivity index (χ3v) is 5.02. The van der Waals surface area contributed by atoms with Crippen molar-refractivity contribution in [3.8, 4) is 0 Å². The number of hydrogen-bond donors (Lipinski definition) is 1. The van der Waals surface area contributed by atoms with Gasteiger partial charge in [0.25, 0.3) is 0 Å². The van der Waals surface area contributed by atoms with Gasteiger partial charge in [0, 0.05) is 6.04 Å². The van der Waals surface area contributed by atoms with Crippen LogP contribution in [-0.4, -0.2) is 54.0 Å². The number of aliphatic hydroxyl groups is 1. The standard InChI is InChI=1S/C15H25NO5/c1-4-5-7-15-8-6-10(16(15)14(19)21-3)9-11(17)12(15)13(18)20-2/h10-12,17H,4-9H2,1-3H3/t10-,11+,12+,15+/m0/s1. The number of methoxy groups -OCH3 is 2. The first kappa shape index (κ1) is 16.1. The Morgan fingerprint density at radius 2 is 2.05 bits per heavy atom. The first-order valence-corrected chi connectivity index (χ1v) is 7.65. The maximum Gasteiger partial charge on any atom is 0.410 e. The number of ether oxygens (including phenoxy) is 2. The van der Waals surface area contributed by atoms with Crippen LogP contribution in [0, 0.1) is 5.92 Å². The molecule has 1 N–H and O–H groups in total. The Balaban J connectivity index is 2.42. The summed E-state index contributed by atoms with van der Waals surface area (Å²) in [6, 6.07) is -0.0507. The molecular weight excluding hydrogens is 274 g/mol. The molecule has 0 radical (unpaired) electrons. The lowest BCUT2D eigenvalue weighted by Gasteiger charge is -2.49. The van der Waals surface area contributed by atoms with Crippen LogP contribution in [0.15, 0.2) is 0 Å².